The van der Waals surface area contributed by atoms with Crippen LogP contribution in [-0.2, 0) is 0 Å². The zero-order valence-electron chi connectivity index (χ0n) is 33.7. The van der Waals surface area contributed by atoms with Crippen LogP contribution >= 0.6 is 0 Å². The van der Waals surface area contributed by atoms with E-state index >= 15 is 0 Å². The maximum Gasteiger partial charge on any atom is 0.238 e. The first-order valence-corrected chi connectivity index (χ1v) is 21.1. The van der Waals surface area contributed by atoms with Gasteiger partial charge in [0.15, 0.2) is 11.6 Å². The minimum atomic E-state index is 0.531. The summed E-state index contributed by atoms with van der Waals surface area (Å²) in [5.41, 5.74) is 12.6. The molecular formula is C56H34N6O. The Morgan fingerprint density at radius 1 is 0.317 bits per heavy atom. The van der Waals surface area contributed by atoms with Gasteiger partial charge >= 0.3 is 0 Å². The standard InChI is InChI=1S/C56H34N6O/c1-3-14-35(15-4-1)46-21-13-22-47(57-46)36-26-28-38(29-27-36)55-58-54(37-16-5-2-6-17-37)59-56(60-55)62-49-24-11-8-19-41(49)45-33-32-44-40-18-7-10-23-48(40)61(52(44)53(45)62)39-30-31-43-42-20-9-12-25-50(42)63-51(43)34-39/h1-34H. The smallest absolute Gasteiger partial charge is 0.238 e. The highest BCUT2D eigenvalue weighted by molar-refractivity contribution is 6.24. The molecule has 13 aromatic rings. The van der Waals surface area contributed by atoms with Crippen LogP contribution in [0.15, 0.2) is 211 Å². The van der Waals surface area contributed by atoms with Gasteiger partial charge in [-0.3, -0.25) is 4.57 Å². The molecule has 7 heteroatoms. The largest absolute Gasteiger partial charge is 0.456 e. The molecule has 0 unspecified atom stereocenters. The predicted molar refractivity (Wildman–Crippen MR) is 255 cm³/mol. The summed E-state index contributed by atoms with van der Waals surface area (Å²) < 4.78 is 11.1. The summed E-state index contributed by atoms with van der Waals surface area (Å²) >= 11 is 0. The van der Waals surface area contributed by atoms with Crippen LogP contribution < -0.4 is 0 Å². The number of furan rings is 1. The molecule has 0 saturated heterocycles. The highest BCUT2D eigenvalue weighted by Gasteiger charge is 2.24. The number of hydrogen-bond acceptors (Lipinski definition) is 5. The van der Waals surface area contributed by atoms with Gasteiger partial charge in [0, 0.05) is 60.6 Å². The number of nitrogens with zero attached hydrogens (tertiary/aromatic N) is 6. The fraction of sp³-hybridized carbons (Fsp3) is 0. The second kappa shape index (κ2) is 13.9. The lowest BCUT2D eigenvalue weighted by atomic mass is 10.1. The Kier molecular flexibility index (Phi) is 7.77. The second-order valence-electron chi connectivity index (χ2n) is 15.8. The van der Waals surface area contributed by atoms with Crippen molar-refractivity contribution in [1.82, 2.24) is 29.1 Å². The van der Waals surface area contributed by atoms with Gasteiger partial charge in [-0.15, -0.1) is 0 Å². The van der Waals surface area contributed by atoms with E-state index < -0.39 is 0 Å². The Morgan fingerprint density at radius 3 is 1.49 bits per heavy atom. The van der Waals surface area contributed by atoms with Crippen molar-refractivity contribution in [3.63, 3.8) is 0 Å². The monoisotopic (exact) mass is 806 g/mol. The number of para-hydroxylation sites is 3. The molecule has 0 aliphatic rings. The lowest BCUT2D eigenvalue weighted by Gasteiger charge is -2.13. The molecule has 5 aromatic heterocycles. The van der Waals surface area contributed by atoms with Gasteiger partial charge in [0.2, 0.25) is 5.95 Å². The average molecular weight is 807 g/mol. The second-order valence-corrected chi connectivity index (χ2v) is 15.8. The molecule has 7 nitrogen and oxygen atoms in total. The van der Waals surface area contributed by atoms with Crippen molar-refractivity contribution in [3.8, 4) is 56.9 Å². The van der Waals surface area contributed by atoms with E-state index in [9.17, 15) is 0 Å². The molecule has 0 N–H and O–H groups in total. The minimum absolute atomic E-state index is 0.531. The molecule has 0 fully saturated rings. The van der Waals surface area contributed by atoms with E-state index in [-0.39, 0.29) is 0 Å². The number of rotatable bonds is 6. The number of pyridine rings is 1. The Bertz CT molecular complexity index is 3900. The number of aromatic nitrogens is 6. The molecule has 0 amide bonds. The van der Waals surface area contributed by atoms with Crippen molar-refractivity contribution in [2.24, 2.45) is 0 Å². The van der Waals surface area contributed by atoms with Crippen LogP contribution in [0.4, 0.5) is 0 Å². The van der Waals surface area contributed by atoms with Crippen LogP contribution in [0.3, 0.4) is 0 Å². The van der Waals surface area contributed by atoms with Crippen LogP contribution in [0.25, 0.3) is 122 Å². The first-order chi connectivity index (χ1) is 31.2. The van der Waals surface area contributed by atoms with Crippen LogP contribution in [0, 0.1) is 0 Å². The van der Waals surface area contributed by atoms with Gasteiger partial charge in [0.25, 0.3) is 0 Å². The van der Waals surface area contributed by atoms with Gasteiger partial charge in [-0.1, -0.05) is 158 Å². The van der Waals surface area contributed by atoms with E-state index in [1.165, 1.54) is 0 Å². The summed E-state index contributed by atoms with van der Waals surface area (Å²) in [4.78, 5) is 20.8. The zero-order chi connectivity index (χ0) is 41.4. The molecule has 0 bridgehead atoms. The van der Waals surface area contributed by atoms with Gasteiger partial charge in [-0.2, -0.15) is 9.97 Å². The third-order valence-corrected chi connectivity index (χ3v) is 12.2. The fourth-order valence-corrected chi connectivity index (χ4v) is 9.30. The van der Waals surface area contributed by atoms with Crippen molar-refractivity contribution in [1.29, 1.82) is 0 Å². The van der Waals surface area contributed by atoms with E-state index in [1.54, 1.807) is 0 Å². The summed E-state index contributed by atoms with van der Waals surface area (Å²) in [6, 6.07) is 71.3. The first-order valence-electron chi connectivity index (χ1n) is 21.1. The van der Waals surface area contributed by atoms with Crippen molar-refractivity contribution >= 4 is 65.6 Å². The molecule has 13 rings (SSSR count). The van der Waals surface area contributed by atoms with Crippen molar-refractivity contribution < 1.29 is 4.42 Å². The first kappa shape index (κ1) is 35.1. The Hall–Kier alpha value is -8.68. The fourth-order valence-electron chi connectivity index (χ4n) is 9.30. The van der Waals surface area contributed by atoms with Gasteiger partial charge in [-0.05, 0) is 42.5 Å². The van der Waals surface area contributed by atoms with Crippen molar-refractivity contribution in [2.75, 3.05) is 0 Å². The summed E-state index contributed by atoms with van der Waals surface area (Å²) in [5, 5.41) is 6.69. The highest BCUT2D eigenvalue weighted by Crippen LogP contribution is 2.42. The Morgan fingerprint density at radius 2 is 0.810 bits per heavy atom. The predicted octanol–water partition coefficient (Wildman–Crippen LogP) is 14.0. The third kappa shape index (κ3) is 5.60. The van der Waals surface area contributed by atoms with E-state index in [0.717, 1.165) is 105 Å². The van der Waals surface area contributed by atoms with E-state index in [0.29, 0.717) is 17.6 Å². The molecule has 63 heavy (non-hydrogen) atoms. The van der Waals surface area contributed by atoms with Crippen LogP contribution in [0.2, 0.25) is 0 Å². The molecule has 0 aliphatic carbocycles. The average Bonchev–Trinajstić information content (AvgIpc) is 4.02. The minimum Gasteiger partial charge on any atom is -0.456 e. The number of fused-ring (bicyclic) bond motifs is 10. The summed E-state index contributed by atoms with van der Waals surface area (Å²) in [6.45, 7) is 0. The van der Waals surface area contributed by atoms with Crippen molar-refractivity contribution in [3.05, 3.63) is 206 Å². The SMILES string of the molecule is c1ccc(-c2cccc(-c3ccc(-c4nc(-c5ccccc5)nc(-n5c6ccccc6c6ccc7c8ccccc8n(-c8ccc9c(c8)oc8ccccc89)c7c65)n4)cc3)n2)cc1. The zero-order valence-corrected chi connectivity index (χ0v) is 33.7. The Balaban J connectivity index is 1.05. The molecule has 294 valence electrons. The number of benzene rings is 8. The lowest BCUT2D eigenvalue weighted by molar-refractivity contribution is 0.668. The van der Waals surface area contributed by atoms with E-state index in [1.807, 2.05) is 72.8 Å². The van der Waals surface area contributed by atoms with Crippen LogP contribution in [0.1, 0.15) is 0 Å². The summed E-state index contributed by atoms with van der Waals surface area (Å²) in [5.74, 6) is 1.69. The van der Waals surface area contributed by atoms with Crippen LogP contribution in [0.5, 0.6) is 0 Å². The lowest BCUT2D eigenvalue weighted by Crippen LogP contribution is -2.07. The maximum atomic E-state index is 6.46. The molecule has 0 atom stereocenters. The summed E-state index contributed by atoms with van der Waals surface area (Å²) in [6.07, 6.45) is 0. The van der Waals surface area contributed by atoms with Crippen LogP contribution in [-0.4, -0.2) is 29.1 Å². The normalized spacial score (nSPS) is 11.8. The van der Waals surface area contributed by atoms with Crippen molar-refractivity contribution in [2.45, 2.75) is 0 Å². The topological polar surface area (TPSA) is 74.6 Å². The molecule has 8 aromatic carbocycles. The molecule has 0 saturated carbocycles. The molecular weight excluding hydrogens is 773 g/mol. The summed E-state index contributed by atoms with van der Waals surface area (Å²) in [7, 11) is 0. The number of hydrogen-bond donors (Lipinski definition) is 0. The van der Waals surface area contributed by atoms with Gasteiger partial charge in [0.05, 0.1) is 39.1 Å². The van der Waals surface area contributed by atoms with Gasteiger partial charge in [0.1, 0.15) is 11.2 Å². The molecule has 0 radical (unpaired) electrons. The quantitative estimate of drug-likeness (QED) is 0.167. The Labute approximate surface area is 360 Å². The highest BCUT2D eigenvalue weighted by atomic mass is 16.3. The molecule has 0 spiro atoms. The molecule has 5 heterocycles. The third-order valence-electron chi connectivity index (χ3n) is 12.2. The van der Waals surface area contributed by atoms with Gasteiger partial charge in [-0.25, -0.2) is 9.97 Å². The van der Waals surface area contributed by atoms with E-state index in [2.05, 4.69) is 143 Å². The molecule has 0 aliphatic heterocycles. The van der Waals surface area contributed by atoms with Gasteiger partial charge < -0.3 is 8.98 Å². The maximum absolute atomic E-state index is 6.46. The van der Waals surface area contributed by atoms with E-state index in [4.69, 9.17) is 24.4 Å².